The zero-order valence-electron chi connectivity index (χ0n) is 17.8. The third-order valence-electron chi connectivity index (χ3n) is 6.98. The molecule has 2 unspecified atom stereocenters. The van der Waals surface area contributed by atoms with Crippen LogP contribution in [0.25, 0.3) is 0 Å². The Bertz CT molecular complexity index is 666. The molecule has 0 aromatic heterocycles. The summed E-state index contributed by atoms with van der Waals surface area (Å²) in [6.07, 6.45) is 7.47. The summed E-state index contributed by atoms with van der Waals surface area (Å²) in [5.41, 5.74) is 1.54. The molecule has 1 amide bonds. The van der Waals surface area contributed by atoms with Gasteiger partial charge in [-0.25, -0.2) is 4.79 Å². The Morgan fingerprint density at radius 1 is 1.04 bits per heavy atom. The molecule has 2 saturated heterocycles. The minimum atomic E-state index is -0.410. The van der Waals surface area contributed by atoms with Crippen LogP contribution in [0.2, 0.25) is 0 Å². The van der Waals surface area contributed by atoms with Crippen LogP contribution in [0.1, 0.15) is 70.8 Å². The molecule has 2 heterocycles. The molecule has 28 heavy (non-hydrogen) atoms. The lowest BCUT2D eigenvalue weighted by atomic mass is 9.68. The van der Waals surface area contributed by atoms with Gasteiger partial charge in [-0.15, -0.1) is 0 Å². The summed E-state index contributed by atoms with van der Waals surface area (Å²) in [4.78, 5) is 17.0. The fraction of sp³-hybridized carbons (Fsp3) is 0.708. The van der Waals surface area contributed by atoms with Crippen molar-refractivity contribution in [3.05, 3.63) is 35.9 Å². The van der Waals surface area contributed by atoms with Crippen LogP contribution in [0.15, 0.2) is 30.3 Å². The van der Waals surface area contributed by atoms with Crippen LogP contribution in [0.5, 0.6) is 0 Å². The van der Waals surface area contributed by atoms with Gasteiger partial charge in [0, 0.05) is 32.2 Å². The molecule has 2 atom stereocenters. The molecule has 1 aliphatic carbocycles. The largest absolute Gasteiger partial charge is 0.444 e. The third kappa shape index (κ3) is 4.22. The van der Waals surface area contributed by atoms with Crippen molar-refractivity contribution < 1.29 is 9.53 Å². The molecular formula is C24H36N2O2. The average Bonchev–Trinajstić information content (AvgIpc) is 2.65. The van der Waals surface area contributed by atoms with Gasteiger partial charge in [-0.1, -0.05) is 43.2 Å². The molecule has 0 bridgehead atoms. The van der Waals surface area contributed by atoms with E-state index in [4.69, 9.17) is 4.74 Å². The minimum Gasteiger partial charge on any atom is -0.444 e. The van der Waals surface area contributed by atoms with Crippen LogP contribution in [0, 0.1) is 5.41 Å². The summed E-state index contributed by atoms with van der Waals surface area (Å²) in [5, 5.41) is 0. The van der Waals surface area contributed by atoms with Gasteiger partial charge in [-0.2, -0.15) is 0 Å². The van der Waals surface area contributed by atoms with Crippen molar-refractivity contribution in [2.75, 3.05) is 26.2 Å². The van der Waals surface area contributed by atoms with Crippen LogP contribution in [-0.4, -0.2) is 53.7 Å². The summed E-state index contributed by atoms with van der Waals surface area (Å²) in [7, 11) is 0. The Labute approximate surface area is 170 Å². The van der Waals surface area contributed by atoms with Gasteiger partial charge in [0.25, 0.3) is 0 Å². The SMILES string of the molecule is CC(C)(C)OC(=O)N1CCC2(CC1)CN(C1CCCCC1c1ccccc1)C2. The number of hydrogen-bond acceptors (Lipinski definition) is 3. The van der Waals surface area contributed by atoms with E-state index in [0.29, 0.717) is 17.4 Å². The van der Waals surface area contributed by atoms with Crippen molar-refractivity contribution in [2.45, 2.75) is 76.9 Å². The van der Waals surface area contributed by atoms with Crippen molar-refractivity contribution in [3.8, 4) is 0 Å². The number of hydrogen-bond donors (Lipinski definition) is 0. The second-order valence-electron chi connectivity index (χ2n) is 10.2. The van der Waals surface area contributed by atoms with E-state index in [9.17, 15) is 4.79 Å². The van der Waals surface area contributed by atoms with Crippen LogP contribution < -0.4 is 0 Å². The zero-order chi connectivity index (χ0) is 19.8. The standard InChI is InChI=1S/C24H36N2O2/c1-23(2,3)28-22(27)25-15-13-24(14-16-25)17-26(18-24)21-12-8-7-11-20(21)19-9-5-4-6-10-19/h4-6,9-10,20-21H,7-8,11-18H2,1-3H3. The monoisotopic (exact) mass is 384 g/mol. The Hall–Kier alpha value is -1.55. The summed E-state index contributed by atoms with van der Waals surface area (Å²) >= 11 is 0. The Kier molecular flexibility index (Phi) is 5.43. The molecular weight excluding hydrogens is 348 g/mol. The maximum Gasteiger partial charge on any atom is 0.410 e. The number of amides is 1. The summed E-state index contributed by atoms with van der Waals surface area (Å²) in [6, 6.07) is 11.8. The van der Waals surface area contributed by atoms with Crippen molar-refractivity contribution in [2.24, 2.45) is 5.41 Å². The van der Waals surface area contributed by atoms with Gasteiger partial charge in [0.15, 0.2) is 0 Å². The molecule has 0 radical (unpaired) electrons. The van der Waals surface area contributed by atoms with Gasteiger partial charge in [0.05, 0.1) is 0 Å². The quantitative estimate of drug-likeness (QED) is 0.716. The van der Waals surface area contributed by atoms with Gasteiger partial charge >= 0.3 is 6.09 Å². The van der Waals surface area contributed by atoms with Crippen molar-refractivity contribution in [1.29, 1.82) is 0 Å². The van der Waals surface area contributed by atoms with E-state index in [2.05, 4.69) is 35.2 Å². The maximum absolute atomic E-state index is 12.3. The average molecular weight is 385 g/mol. The maximum atomic E-state index is 12.3. The molecule has 4 nitrogen and oxygen atoms in total. The predicted octanol–water partition coefficient (Wildman–Crippen LogP) is 5.05. The highest BCUT2D eigenvalue weighted by Crippen LogP contribution is 2.46. The molecule has 2 aliphatic heterocycles. The molecule has 1 aromatic carbocycles. The molecule has 1 aromatic rings. The molecule has 0 N–H and O–H groups in total. The Morgan fingerprint density at radius 2 is 1.68 bits per heavy atom. The first-order valence-electron chi connectivity index (χ1n) is 11.1. The molecule has 4 rings (SSSR count). The topological polar surface area (TPSA) is 32.8 Å². The van der Waals surface area contributed by atoms with Crippen LogP contribution in [0.3, 0.4) is 0 Å². The number of nitrogens with zero attached hydrogens (tertiary/aromatic N) is 2. The lowest BCUT2D eigenvalue weighted by Crippen LogP contribution is -2.64. The van der Waals surface area contributed by atoms with E-state index < -0.39 is 5.60 Å². The normalized spacial score (nSPS) is 28.0. The molecule has 3 fully saturated rings. The Balaban J connectivity index is 1.32. The van der Waals surface area contributed by atoms with E-state index in [-0.39, 0.29) is 6.09 Å². The van der Waals surface area contributed by atoms with Gasteiger partial charge in [0.1, 0.15) is 5.60 Å². The van der Waals surface area contributed by atoms with Gasteiger partial charge in [0.2, 0.25) is 0 Å². The predicted molar refractivity (Wildman–Crippen MR) is 112 cm³/mol. The highest BCUT2D eigenvalue weighted by molar-refractivity contribution is 5.68. The number of carbonyl (C=O) groups excluding carboxylic acids is 1. The van der Waals surface area contributed by atoms with Crippen molar-refractivity contribution >= 4 is 6.09 Å². The van der Waals surface area contributed by atoms with Gasteiger partial charge < -0.3 is 9.64 Å². The van der Waals surface area contributed by atoms with E-state index in [0.717, 1.165) is 25.9 Å². The lowest BCUT2D eigenvalue weighted by molar-refractivity contribution is -0.0813. The first kappa shape index (κ1) is 19.8. The van der Waals surface area contributed by atoms with Crippen LogP contribution >= 0.6 is 0 Å². The van der Waals surface area contributed by atoms with Crippen molar-refractivity contribution in [1.82, 2.24) is 9.80 Å². The summed E-state index contributed by atoms with van der Waals surface area (Å²) in [5.74, 6) is 0.689. The molecule has 4 heteroatoms. The van der Waals surface area contributed by atoms with Gasteiger partial charge in [-0.05, 0) is 63.4 Å². The molecule has 3 aliphatic rings. The second kappa shape index (κ2) is 7.70. The minimum absolute atomic E-state index is 0.144. The first-order chi connectivity index (χ1) is 13.4. The van der Waals surface area contributed by atoms with E-state index in [1.807, 2.05) is 25.7 Å². The van der Waals surface area contributed by atoms with Gasteiger partial charge in [-0.3, -0.25) is 4.90 Å². The molecule has 1 spiro atoms. The van der Waals surface area contributed by atoms with E-state index >= 15 is 0 Å². The number of carbonyl (C=O) groups is 1. The number of ether oxygens (including phenoxy) is 1. The summed E-state index contributed by atoms with van der Waals surface area (Å²) in [6.45, 7) is 9.92. The summed E-state index contributed by atoms with van der Waals surface area (Å²) < 4.78 is 5.55. The molecule has 154 valence electrons. The number of likely N-dealkylation sites (tertiary alicyclic amines) is 2. The smallest absolute Gasteiger partial charge is 0.410 e. The highest BCUT2D eigenvalue weighted by Gasteiger charge is 2.49. The van der Waals surface area contributed by atoms with E-state index in [1.54, 1.807) is 0 Å². The fourth-order valence-electron chi connectivity index (χ4n) is 5.49. The first-order valence-corrected chi connectivity index (χ1v) is 11.1. The Morgan fingerprint density at radius 3 is 2.32 bits per heavy atom. The highest BCUT2D eigenvalue weighted by atomic mass is 16.6. The van der Waals surface area contributed by atoms with Crippen LogP contribution in [0.4, 0.5) is 4.79 Å². The van der Waals surface area contributed by atoms with Crippen molar-refractivity contribution in [3.63, 3.8) is 0 Å². The fourth-order valence-corrected chi connectivity index (χ4v) is 5.49. The number of benzene rings is 1. The third-order valence-corrected chi connectivity index (χ3v) is 6.98. The van der Waals surface area contributed by atoms with Crippen LogP contribution in [-0.2, 0) is 4.74 Å². The zero-order valence-corrected chi connectivity index (χ0v) is 17.8. The second-order valence-corrected chi connectivity index (χ2v) is 10.2. The number of piperidine rings is 1. The molecule has 1 saturated carbocycles. The lowest BCUT2D eigenvalue weighted by Gasteiger charge is -2.58. The number of rotatable bonds is 2. The van der Waals surface area contributed by atoms with E-state index in [1.165, 1.54) is 44.3 Å².